The highest BCUT2D eigenvalue weighted by Crippen LogP contribution is 2.17. The minimum Gasteiger partial charge on any atom is -0.361 e. The summed E-state index contributed by atoms with van der Waals surface area (Å²) in [6.45, 7) is 0.523. The van der Waals surface area contributed by atoms with Crippen molar-refractivity contribution in [3.8, 4) is 0 Å². The van der Waals surface area contributed by atoms with Gasteiger partial charge in [0.2, 0.25) is 0 Å². The maximum absolute atomic E-state index is 11.9. The van der Waals surface area contributed by atoms with Gasteiger partial charge in [0.1, 0.15) is 10.8 Å². The summed E-state index contributed by atoms with van der Waals surface area (Å²) >= 11 is 5.71. The Labute approximate surface area is 126 Å². The van der Waals surface area contributed by atoms with E-state index in [1.54, 1.807) is 0 Å². The number of aromatic amines is 1. The Bertz CT molecular complexity index is 784. The number of fused-ring (bicyclic) bond motifs is 1. The van der Waals surface area contributed by atoms with Crippen LogP contribution in [0.1, 0.15) is 16.1 Å². The Morgan fingerprint density at radius 1 is 1.29 bits per heavy atom. The largest absolute Gasteiger partial charge is 0.361 e. The molecule has 2 aromatic heterocycles. The second kappa shape index (κ2) is 5.93. The molecule has 6 heteroatoms. The number of aromatic nitrogens is 3. The molecule has 21 heavy (non-hydrogen) atoms. The standard InChI is InChI=1S/C15H13ClN4O/c16-14-9-17-8-13(20-14)15(21)18-6-5-10-7-19-12-4-2-1-3-11(10)12/h1-4,7-9,19H,5-6H2,(H,18,21). The van der Waals surface area contributed by atoms with E-state index in [0.717, 1.165) is 11.9 Å². The Kier molecular flexibility index (Phi) is 3.83. The fraction of sp³-hybridized carbons (Fsp3) is 0.133. The maximum Gasteiger partial charge on any atom is 0.271 e. The summed E-state index contributed by atoms with van der Waals surface area (Å²) in [5.74, 6) is -0.273. The number of hydrogen-bond donors (Lipinski definition) is 2. The summed E-state index contributed by atoms with van der Waals surface area (Å²) in [6.07, 6.45) is 5.50. The Hall–Kier alpha value is -2.40. The number of para-hydroxylation sites is 1. The van der Waals surface area contributed by atoms with Crippen molar-refractivity contribution in [1.29, 1.82) is 0 Å². The molecule has 0 aliphatic rings. The van der Waals surface area contributed by atoms with Crippen molar-refractivity contribution in [1.82, 2.24) is 20.3 Å². The fourth-order valence-electron chi connectivity index (χ4n) is 2.19. The van der Waals surface area contributed by atoms with Gasteiger partial charge < -0.3 is 10.3 Å². The second-order valence-corrected chi connectivity index (χ2v) is 4.98. The van der Waals surface area contributed by atoms with Crippen LogP contribution in [0.4, 0.5) is 0 Å². The van der Waals surface area contributed by atoms with Crippen LogP contribution >= 0.6 is 11.6 Å². The van der Waals surface area contributed by atoms with Crippen LogP contribution in [0.2, 0.25) is 5.15 Å². The van der Waals surface area contributed by atoms with Crippen molar-refractivity contribution in [2.45, 2.75) is 6.42 Å². The van der Waals surface area contributed by atoms with Crippen molar-refractivity contribution < 1.29 is 4.79 Å². The van der Waals surface area contributed by atoms with E-state index in [0.29, 0.717) is 6.54 Å². The van der Waals surface area contributed by atoms with Gasteiger partial charge in [-0.2, -0.15) is 0 Å². The molecule has 3 aromatic rings. The number of hydrogen-bond acceptors (Lipinski definition) is 3. The van der Waals surface area contributed by atoms with Gasteiger partial charge in [-0.15, -0.1) is 0 Å². The van der Waals surface area contributed by atoms with E-state index < -0.39 is 0 Å². The van der Waals surface area contributed by atoms with Gasteiger partial charge in [0.25, 0.3) is 5.91 Å². The number of rotatable bonds is 4. The minimum absolute atomic E-state index is 0.208. The zero-order valence-corrected chi connectivity index (χ0v) is 11.9. The van der Waals surface area contributed by atoms with Crippen LogP contribution < -0.4 is 5.32 Å². The molecular formula is C15H13ClN4O. The maximum atomic E-state index is 11.9. The number of carbonyl (C=O) groups excluding carboxylic acids is 1. The lowest BCUT2D eigenvalue weighted by Gasteiger charge is -2.04. The number of carbonyl (C=O) groups is 1. The third-order valence-corrected chi connectivity index (χ3v) is 3.37. The molecule has 0 saturated heterocycles. The SMILES string of the molecule is O=C(NCCc1c[nH]c2ccccc12)c1cncc(Cl)n1. The molecular weight excluding hydrogens is 288 g/mol. The monoisotopic (exact) mass is 300 g/mol. The van der Waals surface area contributed by atoms with E-state index in [1.807, 2.05) is 24.4 Å². The van der Waals surface area contributed by atoms with Crippen molar-refractivity contribution in [3.05, 3.63) is 59.3 Å². The van der Waals surface area contributed by atoms with Gasteiger partial charge in [-0.1, -0.05) is 29.8 Å². The first-order valence-corrected chi connectivity index (χ1v) is 6.92. The molecule has 0 unspecified atom stereocenters. The number of amides is 1. The molecule has 3 rings (SSSR count). The van der Waals surface area contributed by atoms with E-state index >= 15 is 0 Å². The minimum atomic E-state index is -0.273. The molecule has 0 bridgehead atoms. The lowest BCUT2D eigenvalue weighted by atomic mass is 10.1. The molecule has 0 radical (unpaired) electrons. The highest BCUT2D eigenvalue weighted by atomic mass is 35.5. The van der Waals surface area contributed by atoms with E-state index in [1.165, 1.54) is 23.3 Å². The smallest absolute Gasteiger partial charge is 0.271 e. The van der Waals surface area contributed by atoms with Crippen LogP contribution in [0.25, 0.3) is 10.9 Å². The molecule has 0 aliphatic carbocycles. The van der Waals surface area contributed by atoms with Crippen molar-refractivity contribution in [2.75, 3.05) is 6.54 Å². The zero-order chi connectivity index (χ0) is 14.7. The molecule has 0 saturated carbocycles. The molecule has 1 aromatic carbocycles. The van der Waals surface area contributed by atoms with Crippen LogP contribution in [-0.2, 0) is 6.42 Å². The van der Waals surface area contributed by atoms with Gasteiger partial charge >= 0.3 is 0 Å². The summed E-state index contributed by atoms with van der Waals surface area (Å²) in [7, 11) is 0. The summed E-state index contributed by atoms with van der Waals surface area (Å²) in [6, 6.07) is 8.08. The second-order valence-electron chi connectivity index (χ2n) is 4.59. The number of H-pyrrole nitrogens is 1. The van der Waals surface area contributed by atoms with Gasteiger partial charge in [0.05, 0.1) is 12.4 Å². The molecule has 1 amide bonds. The summed E-state index contributed by atoms with van der Waals surface area (Å²) < 4.78 is 0. The molecule has 0 atom stereocenters. The molecule has 5 nitrogen and oxygen atoms in total. The summed E-state index contributed by atoms with van der Waals surface area (Å²) in [5, 5.41) is 4.20. The summed E-state index contributed by atoms with van der Waals surface area (Å²) in [5.41, 5.74) is 2.49. The van der Waals surface area contributed by atoms with Crippen LogP contribution in [0.5, 0.6) is 0 Å². The summed E-state index contributed by atoms with van der Waals surface area (Å²) in [4.78, 5) is 22.9. The van der Waals surface area contributed by atoms with Gasteiger partial charge in [0, 0.05) is 23.6 Å². The average molecular weight is 301 g/mol. The third kappa shape index (κ3) is 3.03. The van der Waals surface area contributed by atoms with Crippen molar-refractivity contribution >= 4 is 28.4 Å². The van der Waals surface area contributed by atoms with E-state index in [-0.39, 0.29) is 16.8 Å². The van der Waals surface area contributed by atoms with Crippen LogP contribution in [0.15, 0.2) is 42.9 Å². The zero-order valence-electron chi connectivity index (χ0n) is 11.1. The van der Waals surface area contributed by atoms with Crippen LogP contribution in [-0.4, -0.2) is 27.4 Å². The molecule has 106 valence electrons. The van der Waals surface area contributed by atoms with Gasteiger partial charge in [0.15, 0.2) is 0 Å². The lowest BCUT2D eigenvalue weighted by molar-refractivity contribution is 0.0949. The molecule has 0 fully saturated rings. The van der Waals surface area contributed by atoms with Gasteiger partial charge in [-0.05, 0) is 18.1 Å². The fourth-order valence-corrected chi connectivity index (χ4v) is 2.34. The van der Waals surface area contributed by atoms with Crippen LogP contribution in [0.3, 0.4) is 0 Å². The Morgan fingerprint density at radius 2 is 2.14 bits per heavy atom. The highest BCUT2D eigenvalue weighted by molar-refractivity contribution is 6.29. The van der Waals surface area contributed by atoms with Crippen molar-refractivity contribution in [2.24, 2.45) is 0 Å². The first-order chi connectivity index (χ1) is 10.2. The van der Waals surface area contributed by atoms with Crippen molar-refractivity contribution in [3.63, 3.8) is 0 Å². The van der Waals surface area contributed by atoms with Crippen LogP contribution in [0, 0.1) is 0 Å². The Morgan fingerprint density at radius 3 is 3.00 bits per heavy atom. The number of halogens is 1. The van der Waals surface area contributed by atoms with E-state index in [9.17, 15) is 4.79 Å². The first kappa shape index (κ1) is 13.6. The molecule has 2 N–H and O–H groups in total. The highest BCUT2D eigenvalue weighted by Gasteiger charge is 2.08. The van der Waals surface area contributed by atoms with Gasteiger partial charge in [-0.25, -0.2) is 4.98 Å². The topological polar surface area (TPSA) is 70.7 Å². The molecule has 2 heterocycles. The third-order valence-electron chi connectivity index (χ3n) is 3.19. The first-order valence-electron chi connectivity index (χ1n) is 6.55. The van der Waals surface area contributed by atoms with E-state index in [4.69, 9.17) is 11.6 Å². The number of nitrogens with zero attached hydrogens (tertiary/aromatic N) is 2. The Balaban J connectivity index is 1.62. The molecule has 0 aliphatic heterocycles. The quantitative estimate of drug-likeness (QED) is 0.778. The number of nitrogens with one attached hydrogen (secondary N) is 2. The average Bonchev–Trinajstić information content (AvgIpc) is 2.91. The normalized spacial score (nSPS) is 10.7. The predicted octanol–water partition coefficient (Wildman–Crippen LogP) is 2.58. The lowest BCUT2D eigenvalue weighted by Crippen LogP contribution is -2.26. The van der Waals surface area contributed by atoms with E-state index in [2.05, 4.69) is 26.3 Å². The van der Waals surface area contributed by atoms with Gasteiger partial charge in [-0.3, -0.25) is 9.78 Å². The predicted molar refractivity (Wildman–Crippen MR) is 81.4 cm³/mol. The number of benzene rings is 1. The molecule has 0 spiro atoms.